The highest BCUT2D eigenvalue weighted by molar-refractivity contribution is 5.83. The molecule has 1 aromatic carbocycles. The Kier molecular flexibility index (Phi) is 2.23. The van der Waals surface area contributed by atoms with Crippen LogP contribution in [0.4, 0.5) is 5.69 Å². The highest BCUT2D eigenvalue weighted by Gasteiger charge is 2.39. The molecule has 2 bridgehead atoms. The molecule has 0 aliphatic carbocycles. The fourth-order valence-corrected chi connectivity index (χ4v) is 3.11. The quantitative estimate of drug-likeness (QED) is 0.718. The molecule has 2 aliphatic heterocycles. The molecule has 3 rings (SSSR count). The van der Waals surface area contributed by atoms with Crippen LogP contribution in [0.3, 0.4) is 0 Å². The molecule has 0 aromatic heterocycles. The summed E-state index contributed by atoms with van der Waals surface area (Å²) in [4.78, 5) is 14.0. The fraction of sp³-hybridized carbons (Fsp3) is 0.500. The summed E-state index contributed by atoms with van der Waals surface area (Å²) in [6.07, 6.45) is 3.88. The first-order valence-corrected chi connectivity index (χ1v) is 6.11. The number of ketones is 1. The third kappa shape index (κ3) is 1.53. The maximum Gasteiger partial charge on any atom is 0.137 e. The van der Waals surface area contributed by atoms with Crippen molar-refractivity contribution in [3.63, 3.8) is 0 Å². The number of fused-ring (bicyclic) bond motifs is 2. The molecule has 16 heavy (non-hydrogen) atoms. The number of rotatable bonds is 1. The molecule has 0 N–H and O–H groups in total. The predicted molar refractivity (Wildman–Crippen MR) is 64.7 cm³/mol. The van der Waals surface area contributed by atoms with Crippen LogP contribution in [0.15, 0.2) is 24.3 Å². The van der Waals surface area contributed by atoms with Crippen molar-refractivity contribution in [1.82, 2.24) is 0 Å². The van der Waals surface area contributed by atoms with Gasteiger partial charge in [0.2, 0.25) is 0 Å². The van der Waals surface area contributed by atoms with Crippen LogP contribution in [-0.2, 0) is 4.79 Å². The molecular formula is C14H17NO. The average molecular weight is 215 g/mol. The van der Waals surface area contributed by atoms with E-state index < -0.39 is 0 Å². The van der Waals surface area contributed by atoms with Crippen LogP contribution >= 0.6 is 0 Å². The van der Waals surface area contributed by atoms with Crippen molar-refractivity contribution >= 4 is 11.5 Å². The number of anilines is 1. The minimum Gasteiger partial charge on any atom is -0.365 e. The zero-order valence-electron chi connectivity index (χ0n) is 9.65. The van der Waals surface area contributed by atoms with Gasteiger partial charge in [-0.2, -0.15) is 0 Å². The van der Waals surface area contributed by atoms with Gasteiger partial charge < -0.3 is 4.90 Å². The molecule has 2 unspecified atom stereocenters. The second-order valence-corrected chi connectivity index (χ2v) is 5.07. The number of aryl methyl sites for hydroxylation is 1. The molecule has 2 saturated heterocycles. The zero-order valence-corrected chi connectivity index (χ0v) is 9.65. The van der Waals surface area contributed by atoms with Crippen molar-refractivity contribution in [3.8, 4) is 0 Å². The van der Waals surface area contributed by atoms with Gasteiger partial charge in [0.25, 0.3) is 0 Å². The SMILES string of the molecule is Cc1ccc(N2C3CCC2CC(=O)C3)cc1. The van der Waals surface area contributed by atoms with Gasteiger partial charge >= 0.3 is 0 Å². The lowest BCUT2D eigenvalue weighted by molar-refractivity contribution is -0.120. The van der Waals surface area contributed by atoms with Crippen molar-refractivity contribution < 1.29 is 4.79 Å². The molecule has 2 heterocycles. The summed E-state index contributed by atoms with van der Waals surface area (Å²) in [5.41, 5.74) is 2.59. The molecule has 2 fully saturated rings. The number of piperidine rings is 1. The fourth-order valence-electron chi connectivity index (χ4n) is 3.11. The van der Waals surface area contributed by atoms with Crippen LogP contribution in [0.2, 0.25) is 0 Å². The lowest BCUT2D eigenvalue weighted by Crippen LogP contribution is -2.43. The number of hydrogen-bond donors (Lipinski definition) is 0. The Balaban J connectivity index is 1.90. The monoisotopic (exact) mass is 215 g/mol. The van der Waals surface area contributed by atoms with Gasteiger partial charge in [0.05, 0.1) is 0 Å². The van der Waals surface area contributed by atoms with Gasteiger partial charge in [0.15, 0.2) is 0 Å². The Morgan fingerprint density at radius 1 is 1.06 bits per heavy atom. The van der Waals surface area contributed by atoms with Gasteiger partial charge in [0.1, 0.15) is 5.78 Å². The average Bonchev–Trinajstić information content (AvgIpc) is 2.54. The molecule has 2 nitrogen and oxygen atoms in total. The van der Waals surface area contributed by atoms with Gasteiger partial charge in [0, 0.05) is 30.6 Å². The second kappa shape index (κ2) is 3.62. The maximum absolute atomic E-state index is 11.5. The Morgan fingerprint density at radius 3 is 2.19 bits per heavy atom. The Bertz CT molecular complexity index is 393. The molecule has 84 valence electrons. The van der Waals surface area contributed by atoms with Crippen LogP contribution in [0.1, 0.15) is 31.2 Å². The molecule has 2 heteroatoms. The van der Waals surface area contributed by atoms with Crippen molar-refractivity contribution in [2.75, 3.05) is 4.90 Å². The summed E-state index contributed by atoms with van der Waals surface area (Å²) in [5, 5.41) is 0. The number of Topliss-reactive ketones (excluding diaryl/α,β-unsaturated/α-hetero) is 1. The lowest BCUT2D eigenvalue weighted by atomic mass is 10.0. The zero-order chi connectivity index (χ0) is 11.1. The molecule has 0 radical (unpaired) electrons. The van der Waals surface area contributed by atoms with E-state index in [9.17, 15) is 4.79 Å². The van der Waals surface area contributed by atoms with Crippen LogP contribution < -0.4 is 4.90 Å². The van der Waals surface area contributed by atoms with Gasteiger partial charge in [-0.05, 0) is 31.9 Å². The number of hydrogen-bond acceptors (Lipinski definition) is 2. The van der Waals surface area contributed by atoms with Crippen LogP contribution in [0.25, 0.3) is 0 Å². The first-order chi connectivity index (χ1) is 7.74. The first-order valence-electron chi connectivity index (χ1n) is 6.11. The van der Waals surface area contributed by atoms with E-state index in [1.807, 2.05) is 0 Å². The predicted octanol–water partition coefficient (Wildman–Crippen LogP) is 2.70. The van der Waals surface area contributed by atoms with Crippen LogP contribution in [0.5, 0.6) is 0 Å². The first kappa shape index (κ1) is 9.88. The minimum atomic E-state index is 0.455. The normalized spacial score (nSPS) is 28.6. The summed E-state index contributed by atoms with van der Waals surface area (Å²) < 4.78 is 0. The van der Waals surface area contributed by atoms with E-state index in [-0.39, 0.29) is 0 Å². The third-order valence-electron chi connectivity index (χ3n) is 3.88. The van der Waals surface area contributed by atoms with E-state index in [0.717, 1.165) is 12.8 Å². The van der Waals surface area contributed by atoms with E-state index in [4.69, 9.17) is 0 Å². The summed E-state index contributed by atoms with van der Waals surface area (Å²) >= 11 is 0. The van der Waals surface area contributed by atoms with Crippen molar-refractivity contribution in [2.45, 2.75) is 44.7 Å². The highest BCUT2D eigenvalue weighted by Crippen LogP contribution is 2.37. The van der Waals surface area contributed by atoms with Crippen molar-refractivity contribution in [2.24, 2.45) is 0 Å². The summed E-state index contributed by atoms with van der Waals surface area (Å²) in [5.74, 6) is 0.455. The Morgan fingerprint density at radius 2 is 1.62 bits per heavy atom. The van der Waals surface area contributed by atoms with Crippen molar-refractivity contribution in [1.29, 1.82) is 0 Å². The molecule has 2 atom stereocenters. The van der Waals surface area contributed by atoms with E-state index >= 15 is 0 Å². The molecule has 0 amide bonds. The lowest BCUT2D eigenvalue weighted by Gasteiger charge is -2.36. The molecule has 0 spiro atoms. The van der Waals surface area contributed by atoms with Gasteiger partial charge in [-0.25, -0.2) is 0 Å². The largest absolute Gasteiger partial charge is 0.365 e. The molecule has 0 saturated carbocycles. The van der Waals surface area contributed by atoms with Crippen molar-refractivity contribution in [3.05, 3.63) is 29.8 Å². The van der Waals surface area contributed by atoms with E-state index in [0.29, 0.717) is 17.9 Å². The molecule has 1 aromatic rings. The van der Waals surface area contributed by atoms with Crippen LogP contribution in [-0.4, -0.2) is 17.9 Å². The summed E-state index contributed by atoms with van der Waals surface area (Å²) in [6.45, 7) is 2.11. The standard InChI is InChI=1S/C14H17NO/c1-10-2-4-11(5-3-10)15-12-6-7-13(15)9-14(16)8-12/h2-5,12-13H,6-9H2,1H3. The van der Waals surface area contributed by atoms with E-state index in [2.05, 4.69) is 36.1 Å². The van der Waals surface area contributed by atoms with Gasteiger partial charge in [-0.15, -0.1) is 0 Å². The van der Waals surface area contributed by atoms with Gasteiger partial charge in [-0.3, -0.25) is 4.79 Å². The summed E-state index contributed by atoms with van der Waals surface area (Å²) in [7, 11) is 0. The molecule has 2 aliphatic rings. The number of carbonyl (C=O) groups excluding carboxylic acids is 1. The van der Waals surface area contributed by atoms with Crippen LogP contribution in [0, 0.1) is 6.92 Å². The minimum absolute atomic E-state index is 0.455. The van der Waals surface area contributed by atoms with E-state index in [1.165, 1.54) is 24.1 Å². The molecular weight excluding hydrogens is 198 g/mol. The topological polar surface area (TPSA) is 20.3 Å². The second-order valence-electron chi connectivity index (χ2n) is 5.07. The number of benzene rings is 1. The Labute approximate surface area is 96.3 Å². The number of carbonyl (C=O) groups is 1. The maximum atomic E-state index is 11.5. The van der Waals surface area contributed by atoms with Gasteiger partial charge in [-0.1, -0.05) is 17.7 Å². The highest BCUT2D eigenvalue weighted by atomic mass is 16.1. The smallest absolute Gasteiger partial charge is 0.137 e. The Hall–Kier alpha value is -1.31. The third-order valence-corrected chi connectivity index (χ3v) is 3.88. The summed E-state index contributed by atoms with van der Waals surface area (Å²) in [6, 6.07) is 9.63. The number of nitrogens with zero attached hydrogens (tertiary/aromatic N) is 1. The van der Waals surface area contributed by atoms with E-state index in [1.54, 1.807) is 0 Å².